The van der Waals surface area contributed by atoms with Crippen molar-refractivity contribution in [1.29, 1.82) is 10.5 Å². The topological polar surface area (TPSA) is 113 Å². The molecule has 2 aliphatic heterocycles. The van der Waals surface area contributed by atoms with Crippen molar-refractivity contribution in [2.75, 3.05) is 10.0 Å². The number of anilines is 2. The lowest BCUT2D eigenvalue weighted by Crippen LogP contribution is -2.49. The van der Waals surface area contributed by atoms with Crippen LogP contribution in [-0.4, -0.2) is 23.2 Å². The summed E-state index contributed by atoms with van der Waals surface area (Å²) >= 11 is 0. The predicted molar refractivity (Wildman–Crippen MR) is 115 cm³/mol. The van der Waals surface area contributed by atoms with Crippen LogP contribution in [0.1, 0.15) is 13.8 Å². The molecule has 0 radical (unpaired) electrons. The normalized spacial score (nSPS) is 20.9. The van der Waals surface area contributed by atoms with Crippen molar-refractivity contribution in [3.05, 3.63) is 60.7 Å². The quantitative estimate of drug-likeness (QED) is 0.770. The lowest BCUT2D eigenvalue weighted by molar-refractivity contribution is -0.124. The number of hydrogen-bond acceptors (Lipinski definition) is 6. The molecule has 2 aliphatic rings. The molecule has 2 heterocycles. The molecule has 0 saturated carbocycles. The van der Waals surface area contributed by atoms with Gasteiger partial charge in [0.25, 0.3) is 11.8 Å². The number of para-hydroxylation sites is 2. The van der Waals surface area contributed by atoms with E-state index in [9.17, 15) is 20.1 Å². The van der Waals surface area contributed by atoms with Crippen molar-refractivity contribution in [3.8, 4) is 12.1 Å². The van der Waals surface area contributed by atoms with E-state index < -0.39 is 29.1 Å². The fourth-order valence-electron chi connectivity index (χ4n) is 4.14. The molecule has 4 rings (SSSR count). The zero-order valence-corrected chi connectivity index (χ0v) is 16.9. The van der Waals surface area contributed by atoms with E-state index in [1.165, 1.54) is 10.0 Å². The lowest BCUT2D eigenvalue weighted by atomic mass is 9.65. The van der Waals surface area contributed by atoms with Crippen LogP contribution in [0.4, 0.5) is 11.4 Å². The molecule has 0 unspecified atom stereocenters. The number of benzene rings is 2. The molecule has 0 fully saturated rings. The Morgan fingerprint density at radius 3 is 1.42 bits per heavy atom. The Balaban J connectivity index is 1.76. The Kier molecular flexibility index (Phi) is 4.84. The van der Waals surface area contributed by atoms with E-state index in [0.29, 0.717) is 22.8 Å². The van der Waals surface area contributed by atoms with E-state index in [1.54, 1.807) is 62.4 Å². The van der Waals surface area contributed by atoms with Gasteiger partial charge in [-0.3, -0.25) is 9.59 Å². The van der Waals surface area contributed by atoms with Crippen LogP contribution in [0.2, 0.25) is 0 Å². The largest absolute Gasteiger partial charge is 0.272 e. The first-order valence-electron chi connectivity index (χ1n) is 9.65. The molecule has 0 N–H and O–H groups in total. The summed E-state index contributed by atoms with van der Waals surface area (Å²) in [5.41, 5.74) is -0.338. The molecule has 0 spiro atoms. The third-order valence-corrected chi connectivity index (χ3v) is 5.54. The van der Waals surface area contributed by atoms with Gasteiger partial charge in [-0.05, 0) is 38.1 Å². The molecule has 0 bridgehead atoms. The number of hydrazone groups is 2. The smallest absolute Gasteiger partial charge is 0.259 e. The molecule has 8 nitrogen and oxygen atoms in total. The highest BCUT2D eigenvalue weighted by Crippen LogP contribution is 2.44. The Bertz CT molecular complexity index is 1090. The second-order valence-electron chi connectivity index (χ2n) is 7.41. The van der Waals surface area contributed by atoms with Gasteiger partial charge in [-0.15, -0.1) is 0 Å². The Morgan fingerprint density at radius 1 is 0.742 bits per heavy atom. The van der Waals surface area contributed by atoms with Gasteiger partial charge in [0.2, 0.25) is 0 Å². The van der Waals surface area contributed by atoms with Gasteiger partial charge in [0.05, 0.1) is 34.9 Å². The lowest BCUT2D eigenvalue weighted by Gasteiger charge is -2.29. The second kappa shape index (κ2) is 7.51. The summed E-state index contributed by atoms with van der Waals surface area (Å²) in [6.45, 7) is 3.19. The van der Waals surface area contributed by atoms with Gasteiger partial charge < -0.3 is 0 Å². The predicted octanol–water partition coefficient (Wildman–Crippen LogP) is 3.10. The molecule has 2 aromatic rings. The molecule has 152 valence electrons. The van der Waals surface area contributed by atoms with Gasteiger partial charge in [-0.25, -0.2) is 10.0 Å². The van der Waals surface area contributed by atoms with Crippen molar-refractivity contribution in [2.24, 2.45) is 27.5 Å². The van der Waals surface area contributed by atoms with Crippen LogP contribution in [0.25, 0.3) is 0 Å². The van der Waals surface area contributed by atoms with Crippen molar-refractivity contribution < 1.29 is 9.59 Å². The van der Waals surface area contributed by atoms with Crippen molar-refractivity contribution in [1.82, 2.24) is 0 Å². The minimum atomic E-state index is -1.98. The highest BCUT2D eigenvalue weighted by molar-refractivity contribution is 6.20. The first-order valence-corrected chi connectivity index (χ1v) is 9.65. The number of amides is 2. The van der Waals surface area contributed by atoms with E-state index in [2.05, 4.69) is 10.2 Å². The summed E-state index contributed by atoms with van der Waals surface area (Å²) in [4.78, 5) is 26.7. The van der Waals surface area contributed by atoms with E-state index in [0.717, 1.165) is 0 Å². The first-order chi connectivity index (χ1) is 14.9. The van der Waals surface area contributed by atoms with E-state index in [1.807, 2.05) is 24.3 Å². The molecule has 2 atom stereocenters. The molecule has 0 aliphatic carbocycles. The molecular formula is C23H18N6O2. The maximum Gasteiger partial charge on any atom is 0.259 e. The fourth-order valence-corrected chi connectivity index (χ4v) is 4.14. The average molecular weight is 410 g/mol. The molecule has 0 aromatic heterocycles. The molecule has 8 heteroatoms. The zero-order chi connectivity index (χ0) is 22.2. The van der Waals surface area contributed by atoms with Gasteiger partial charge >= 0.3 is 0 Å². The fraction of sp³-hybridized carbons (Fsp3) is 0.217. The van der Waals surface area contributed by atoms with Crippen LogP contribution in [0, 0.1) is 39.9 Å². The standard InChI is InChI=1S/C23H18N6O2/c1-15-19(21(30)28(26-15)17-9-5-3-6-10-17)23(13-24,14-25)20-16(2)27-29(22(20)31)18-11-7-4-8-12-18/h3-12,19-20H,1-2H3/t19-,20-/m1/s1. The van der Waals surface area contributed by atoms with Crippen molar-refractivity contribution in [2.45, 2.75) is 13.8 Å². The van der Waals surface area contributed by atoms with E-state index in [4.69, 9.17) is 0 Å². The third kappa shape index (κ3) is 2.97. The first kappa shape index (κ1) is 20.0. The SMILES string of the molecule is CC1=NN(c2ccccc2)C(=O)[C@@H]1C(C#N)(C#N)[C@H]1C(=O)N(c2ccccc2)N=C1C. The number of rotatable bonds is 4. The second-order valence-corrected chi connectivity index (χ2v) is 7.41. The molecular weight excluding hydrogens is 392 g/mol. The molecule has 31 heavy (non-hydrogen) atoms. The van der Waals surface area contributed by atoms with Gasteiger partial charge in [-0.1, -0.05) is 36.4 Å². The summed E-state index contributed by atoms with van der Waals surface area (Å²) in [5.74, 6) is -3.44. The number of nitrogens with zero attached hydrogens (tertiary/aromatic N) is 6. The molecule has 0 saturated heterocycles. The Hall–Kier alpha value is -4.30. The number of hydrogen-bond donors (Lipinski definition) is 0. The highest BCUT2D eigenvalue weighted by Gasteiger charge is 2.61. The minimum Gasteiger partial charge on any atom is -0.272 e. The summed E-state index contributed by atoms with van der Waals surface area (Å²) < 4.78 is 0. The van der Waals surface area contributed by atoms with Gasteiger partial charge in [0, 0.05) is 0 Å². The highest BCUT2D eigenvalue weighted by atomic mass is 16.2. The number of nitriles is 2. The monoisotopic (exact) mass is 410 g/mol. The van der Waals surface area contributed by atoms with Crippen LogP contribution in [-0.2, 0) is 9.59 Å². The summed E-state index contributed by atoms with van der Waals surface area (Å²) in [5, 5.41) is 31.3. The van der Waals surface area contributed by atoms with Gasteiger partial charge in [0.1, 0.15) is 11.8 Å². The van der Waals surface area contributed by atoms with Crippen LogP contribution in [0.5, 0.6) is 0 Å². The average Bonchev–Trinajstić information content (AvgIpc) is 3.27. The Morgan fingerprint density at radius 2 is 1.10 bits per heavy atom. The van der Waals surface area contributed by atoms with Gasteiger partial charge in [-0.2, -0.15) is 20.7 Å². The number of carbonyl (C=O) groups is 2. The summed E-state index contributed by atoms with van der Waals surface area (Å²) in [7, 11) is 0. The van der Waals surface area contributed by atoms with Gasteiger partial charge in [0.15, 0.2) is 5.41 Å². The zero-order valence-electron chi connectivity index (χ0n) is 16.9. The van der Waals surface area contributed by atoms with Crippen LogP contribution >= 0.6 is 0 Å². The summed E-state index contributed by atoms with van der Waals surface area (Å²) in [6, 6.07) is 21.5. The minimum absolute atomic E-state index is 0.302. The maximum atomic E-state index is 13.3. The number of carbonyl (C=O) groups excluding carboxylic acids is 2. The van der Waals surface area contributed by atoms with Crippen molar-refractivity contribution in [3.63, 3.8) is 0 Å². The van der Waals surface area contributed by atoms with Crippen LogP contribution < -0.4 is 10.0 Å². The molecule has 2 aromatic carbocycles. The maximum absolute atomic E-state index is 13.3. The van der Waals surface area contributed by atoms with Crippen molar-refractivity contribution >= 4 is 34.6 Å². The van der Waals surface area contributed by atoms with Crippen LogP contribution in [0.3, 0.4) is 0 Å². The Labute approximate surface area is 179 Å². The molecule has 2 amide bonds. The summed E-state index contributed by atoms with van der Waals surface area (Å²) in [6.07, 6.45) is 0. The third-order valence-electron chi connectivity index (χ3n) is 5.54. The van der Waals surface area contributed by atoms with E-state index in [-0.39, 0.29) is 0 Å². The van der Waals surface area contributed by atoms with E-state index >= 15 is 0 Å². The van der Waals surface area contributed by atoms with Crippen LogP contribution in [0.15, 0.2) is 70.9 Å².